The summed E-state index contributed by atoms with van der Waals surface area (Å²) < 4.78 is 27.8. The van der Waals surface area contributed by atoms with Crippen molar-refractivity contribution in [2.75, 3.05) is 20.6 Å². The van der Waals surface area contributed by atoms with E-state index in [4.69, 9.17) is 0 Å². The van der Waals surface area contributed by atoms with Crippen LogP contribution < -0.4 is 15.5 Å². The number of halogens is 2. The van der Waals surface area contributed by atoms with E-state index in [1.54, 1.807) is 13.8 Å². The van der Waals surface area contributed by atoms with Crippen molar-refractivity contribution in [2.24, 2.45) is 5.92 Å². The van der Waals surface area contributed by atoms with Crippen molar-refractivity contribution in [3.05, 3.63) is 71.3 Å². The molecule has 3 N–H and O–H groups in total. The lowest BCUT2D eigenvalue weighted by atomic mass is 10.0. The van der Waals surface area contributed by atoms with Crippen molar-refractivity contribution in [1.82, 2.24) is 10.6 Å². The van der Waals surface area contributed by atoms with Crippen LogP contribution in [0.25, 0.3) is 0 Å². The van der Waals surface area contributed by atoms with Crippen LogP contribution in [0.3, 0.4) is 0 Å². The summed E-state index contributed by atoms with van der Waals surface area (Å²) in [5.74, 6) is -3.55. The molecule has 2 aromatic carbocycles. The van der Waals surface area contributed by atoms with Gasteiger partial charge in [0.05, 0.1) is 20.6 Å². The zero-order valence-electron chi connectivity index (χ0n) is 17.1. The van der Waals surface area contributed by atoms with Gasteiger partial charge in [-0.05, 0) is 18.1 Å². The molecule has 0 aliphatic rings. The van der Waals surface area contributed by atoms with Gasteiger partial charge in [-0.1, -0.05) is 50.2 Å². The first-order valence-electron chi connectivity index (χ1n) is 9.60. The first-order chi connectivity index (χ1) is 13.7. The number of carbonyl (C=O) groups excluding carboxylic acids is 2. The molecule has 0 unspecified atom stereocenters. The van der Waals surface area contributed by atoms with Gasteiger partial charge in [-0.3, -0.25) is 9.59 Å². The van der Waals surface area contributed by atoms with E-state index >= 15 is 0 Å². The summed E-state index contributed by atoms with van der Waals surface area (Å²) in [5.41, 5.74) is 0.386. The van der Waals surface area contributed by atoms with Crippen LogP contribution in [-0.2, 0) is 4.79 Å². The fraction of sp³-hybridized carbons (Fsp3) is 0.364. The van der Waals surface area contributed by atoms with Crippen LogP contribution in [0.1, 0.15) is 35.8 Å². The van der Waals surface area contributed by atoms with Crippen LogP contribution >= 0.6 is 0 Å². The molecule has 2 aromatic rings. The molecular weight excluding hydrogens is 376 g/mol. The predicted octanol–water partition coefficient (Wildman–Crippen LogP) is 1.72. The summed E-state index contributed by atoms with van der Waals surface area (Å²) in [4.78, 5) is 26.3. The third kappa shape index (κ3) is 5.84. The first kappa shape index (κ1) is 22.5. The molecule has 7 heteroatoms. The summed E-state index contributed by atoms with van der Waals surface area (Å²) >= 11 is 0. The quantitative estimate of drug-likeness (QED) is 0.628. The Morgan fingerprint density at radius 1 is 0.966 bits per heavy atom. The molecule has 0 saturated heterocycles. The van der Waals surface area contributed by atoms with Gasteiger partial charge in [0, 0.05) is 5.56 Å². The summed E-state index contributed by atoms with van der Waals surface area (Å²) in [6.45, 7) is 3.88. The van der Waals surface area contributed by atoms with Crippen LogP contribution in [0.2, 0.25) is 0 Å². The Bertz CT molecular complexity index is 821. The molecule has 0 aliphatic carbocycles. The molecule has 0 aliphatic heterocycles. The molecule has 0 bridgehead atoms. The van der Waals surface area contributed by atoms with E-state index in [0.29, 0.717) is 6.54 Å². The molecule has 29 heavy (non-hydrogen) atoms. The number of benzene rings is 2. The molecular formula is C22H28F2N3O2+. The Labute approximate surface area is 170 Å². The standard InChI is InChI=1S/C22H27F2N3O2/c1-14(2)20(26-21(28)19-16(23)11-8-12-17(19)24)22(29)25-13-18(27(3)4)15-9-6-5-7-10-15/h5-12,14,18,20H,13H2,1-4H3,(H,25,29)(H,26,28)/p+1/t18-,20-/m0/s1. The second-order valence-electron chi connectivity index (χ2n) is 7.58. The van der Waals surface area contributed by atoms with Crippen molar-refractivity contribution >= 4 is 11.8 Å². The Morgan fingerprint density at radius 2 is 1.55 bits per heavy atom. The number of hydrogen-bond acceptors (Lipinski definition) is 2. The molecule has 2 amide bonds. The number of carbonyl (C=O) groups is 2. The normalized spacial score (nSPS) is 13.2. The predicted molar refractivity (Wildman–Crippen MR) is 107 cm³/mol. The van der Waals surface area contributed by atoms with E-state index < -0.39 is 35.1 Å². The SMILES string of the molecule is CC(C)[C@H](NC(=O)c1c(F)cccc1F)C(=O)NC[C@@H](c1ccccc1)[NH+](C)C. The maximum Gasteiger partial charge on any atom is 0.257 e. The van der Waals surface area contributed by atoms with Gasteiger partial charge < -0.3 is 15.5 Å². The van der Waals surface area contributed by atoms with Gasteiger partial charge in [-0.2, -0.15) is 0 Å². The maximum atomic E-state index is 13.9. The monoisotopic (exact) mass is 404 g/mol. The van der Waals surface area contributed by atoms with Gasteiger partial charge >= 0.3 is 0 Å². The highest BCUT2D eigenvalue weighted by molar-refractivity contribution is 5.98. The Morgan fingerprint density at radius 3 is 2.07 bits per heavy atom. The number of quaternary nitrogens is 1. The number of nitrogens with one attached hydrogen (secondary N) is 3. The summed E-state index contributed by atoms with van der Waals surface area (Å²) in [6, 6.07) is 12.1. The van der Waals surface area contributed by atoms with Gasteiger partial charge in [-0.15, -0.1) is 0 Å². The van der Waals surface area contributed by atoms with Gasteiger partial charge in [0.25, 0.3) is 5.91 Å². The highest BCUT2D eigenvalue weighted by atomic mass is 19.1. The minimum Gasteiger partial charge on any atom is -0.348 e. The number of amides is 2. The van der Waals surface area contributed by atoms with E-state index in [-0.39, 0.29) is 12.0 Å². The van der Waals surface area contributed by atoms with Gasteiger partial charge in [-0.25, -0.2) is 8.78 Å². The van der Waals surface area contributed by atoms with E-state index in [2.05, 4.69) is 10.6 Å². The molecule has 0 saturated carbocycles. The van der Waals surface area contributed by atoms with E-state index in [1.807, 2.05) is 44.4 Å². The average molecular weight is 404 g/mol. The Balaban J connectivity index is 2.10. The fourth-order valence-corrected chi connectivity index (χ4v) is 3.12. The Kier molecular flexibility index (Phi) is 7.84. The van der Waals surface area contributed by atoms with Crippen LogP contribution in [-0.4, -0.2) is 38.5 Å². The van der Waals surface area contributed by atoms with Crippen LogP contribution in [0.4, 0.5) is 8.78 Å². The van der Waals surface area contributed by atoms with Gasteiger partial charge in [0.2, 0.25) is 5.91 Å². The van der Waals surface area contributed by atoms with Crippen molar-refractivity contribution < 1.29 is 23.3 Å². The van der Waals surface area contributed by atoms with Crippen LogP contribution in [0.5, 0.6) is 0 Å². The minimum absolute atomic E-state index is 0.0210. The molecule has 0 radical (unpaired) electrons. The van der Waals surface area contributed by atoms with E-state index in [9.17, 15) is 18.4 Å². The largest absolute Gasteiger partial charge is 0.348 e. The number of likely N-dealkylation sites (N-methyl/N-ethyl adjacent to an activating group) is 1. The van der Waals surface area contributed by atoms with Gasteiger partial charge in [0.1, 0.15) is 29.3 Å². The zero-order valence-corrected chi connectivity index (χ0v) is 17.1. The van der Waals surface area contributed by atoms with Crippen LogP contribution in [0.15, 0.2) is 48.5 Å². The van der Waals surface area contributed by atoms with Crippen molar-refractivity contribution in [3.63, 3.8) is 0 Å². The molecule has 2 rings (SSSR count). The topological polar surface area (TPSA) is 62.6 Å². The third-order valence-corrected chi connectivity index (χ3v) is 4.80. The van der Waals surface area contributed by atoms with Gasteiger partial charge in [0.15, 0.2) is 0 Å². The molecule has 0 heterocycles. The molecule has 2 atom stereocenters. The van der Waals surface area contributed by atoms with E-state index in [1.165, 1.54) is 6.07 Å². The van der Waals surface area contributed by atoms with Crippen molar-refractivity contribution in [3.8, 4) is 0 Å². The van der Waals surface area contributed by atoms with Crippen molar-refractivity contribution in [2.45, 2.75) is 25.9 Å². The zero-order chi connectivity index (χ0) is 21.6. The number of rotatable bonds is 8. The molecule has 0 aromatic heterocycles. The second kappa shape index (κ2) is 10.1. The lowest BCUT2D eigenvalue weighted by molar-refractivity contribution is -0.890. The first-order valence-corrected chi connectivity index (χ1v) is 9.60. The van der Waals surface area contributed by atoms with Crippen molar-refractivity contribution in [1.29, 1.82) is 0 Å². The molecule has 0 fully saturated rings. The smallest absolute Gasteiger partial charge is 0.257 e. The molecule has 156 valence electrons. The highest BCUT2D eigenvalue weighted by Crippen LogP contribution is 2.14. The number of hydrogen-bond donors (Lipinski definition) is 3. The minimum atomic E-state index is -0.967. The summed E-state index contributed by atoms with van der Waals surface area (Å²) in [5, 5.41) is 5.34. The Hall–Kier alpha value is -2.80. The second-order valence-corrected chi connectivity index (χ2v) is 7.58. The summed E-state index contributed by atoms with van der Waals surface area (Å²) in [7, 11) is 3.99. The maximum absolute atomic E-state index is 13.9. The molecule has 0 spiro atoms. The lowest BCUT2D eigenvalue weighted by Crippen LogP contribution is -3.07. The lowest BCUT2D eigenvalue weighted by Gasteiger charge is -2.25. The molecule has 5 nitrogen and oxygen atoms in total. The van der Waals surface area contributed by atoms with E-state index in [0.717, 1.165) is 22.6 Å². The fourth-order valence-electron chi connectivity index (χ4n) is 3.12. The average Bonchev–Trinajstić information content (AvgIpc) is 2.66. The highest BCUT2D eigenvalue weighted by Gasteiger charge is 2.28. The van der Waals surface area contributed by atoms with Crippen LogP contribution in [0, 0.1) is 17.6 Å². The summed E-state index contributed by atoms with van der Waals surface area (Å²) in [6.07, 6.45) is 0. The third-order valence-electron chi connectivity index (χ3n) is 4.80.